The summed E-state index contributed by atoms with van der Waals surface area (Å²) in [6, 6.07) is 3.04. The van der Waals surface area contributed by atoms with Crippen LogP contribution in [0.5, 0.6) is 0 Å². The predicted octanol–water partition coefficient (Wildman–Crippen LogP) is 1.18. The number of pyridine rings is 1. The molecular formula is C10H13FN2O. The summed E-state index contributed by atoms with van der Waals surface area (Å²) in [5.74, 6) is 0.413. The summed E-state index contributed by atoms with van der Waals surface area (Å²) in [4.78, 5) is 5.96. The molecule has 1 aliphatic heterocycles. The molecule has 76 valence electrons. The van der Waals surface area contributed by atoms with Crippen LogP contribution in [0.4, 0.5) is 10.2 Å². The Morgan fingerprint density at radius 2 is 2.36 bits per heavy atom. The summed E-state index contributed by atoms with van der Waals surface area (Å²) >= 11 is 0. The molecule has 1 aliphatic rings. The summed E-state index contributed by atoms with van der Waals surface area (Å²) in [6.45, 7) is 1.48. The zero-order valence-corrected chi connectivity index (χ0v) is 7.86. The normalized spacial score (nSPS) is 22.4. The zero-order chi connectivity index (χ0) is 9.97. The maximum Gasteiger partial charge on any atom is 0.141 e. The van der Waals surface area contributed by atoms with Crippen molar-refractivity contribution in [3.05, 3.63) is 24.1 Å². The average molecular weight is 196 g/mol. The van der Waals surface area contributed by atoms with Crippen LogP contribution in [-0.2, 0) is 0 Å². The number of anilines is 1. The molecule has 0 unspecified atom stereocenters. The second-order valence-electron chi connectivity index (χ2n) is 3.58. The Hall–Kier alpha value is -1.16. The van der Waals surface area contributed by atoms with Crippen LogP contribution >= 0.6 is 0 Å². The number of β-amino-alcohol motifs (C(OH)–C–C–N with tert-alkyl or cyclic N) is 1. The lowest BCUT2D eigenvalue weighted by molar-refractivity contribution is 0.154. The fourth-order valence-corrected chi connectivity index (χ4v) is 1.72. The highest BCUT2D eigenvalue weighted by Gasteiger charge is 2.18. The highest BCUT2D eigenvalue weighted by Crippen LogP contribution is 2.17. The van der Waals surface area contributed by atoms with Gasteiger partial charge in [-0.05, 0) is 25.0 Å². The Labute approximate surface area is 82.2 Å². The van der Waals surface area contributed by atoms with Crippen LogP contribution in [0.2, 0.25) is 0 Å². The van der Waals surface area contributed by atoms with E-state index < -0.39 is 0 Å². The molecule has 1 saturated heterocycles. The molecule has 0 aliphatic carbocycles. The summed E-state index contributed by atoms with van der Waals surface area (Å²) in [6.07, 6.45) is 2.73. The lowest BCUT2D eigenvalue weighted by Crippen LogP contribution is -2.38. The van der Waals surface area contributed by atoms with Crippen LogP contribution in [0.3, 0.4) is 0 Å². The highest BCUT2D eigenvalue weighted by molar-refractivity contribution is 5.38. The fourth-order valence-electron chi connectivity index (χ4n) is 1.72. The summed E-state index contributed by atoms with van der Waals surface area (Å²) in [5, 5.41) is 9.45. The van der Waals surface area contributed by atoms with E-state index in [-0.39, 0.29) is 11.9 Å². The van der Waals surface area contributed by atoms with Crippen LogP contribution in [0, 0.1) is 5.82 Å². The third kappa shape index (κ3) is 2.01. The van der Waals surface area contributed by atoms with E-state index in [1.807, 2.05) is 4.90 Å². The third-order valence-corrected chi connectivity index (χ3v) is 2.43. The van der Waals surface area contributed by atoms with Gasteiger partial charge in [-0.1, -0.05) is 0 Å². The molecule has 3 nitrogen and oxygen atoms in total. The van der Waals surface area contributed by atoms with Gasteiger partial charge in [-0.25, -0.2) is 9.37 Å². The van der Waals surface area contributed by atoms with Gasteiger partial charge in [0.25, 0.3) is 0 Å². The van der Waals surface area contributed by atoms with Crippen molar-refractivity contribution >= 4 is 5.82 Å². The number of rotatable bonds is 1. The number of aliphatic hydroxyl groups excluding tert-OH is 1. The third-order valence-electron chi connectivity index (χ3n) is 2.43. The van der Waals surface area contributed by atoms with Gasteiger partial charge in [-0.2, -0.15) is 0 Å². The van der Waals surface area contributed by atoms with Gasteiger partial charge in [-0.15, -0.1) is 0 Å². The van der Waals surface area contributed by atoms with E-state index in [4.69, 9.17) is 0 Å². The van der Waals surface area contributed by atoms with E-state index in [1.165, 1.54) is 12.3 Å². The largest absolute Gasteiger partial charge is 0.391 e. The lowest BCUT2D eigenvalue weighted by atomic mass is 10.1. The van der Waals surface area contributed by atoms with Crippen LogP contribution in [0.1, 0.15) is 12.8 Å². The Morgan fingerprint density at radius 1 is 1.50 bits per heavy atom. The van der Waals surface area contributed by atoms with Gasteiger partial charge in [0.1, 0.15) is 11.6 Å². The van der Waals surface area contributed by atoms with Crippen molar-refractivity contribution in [3.63, 3.8) is 0 Å². The number of aliphatic hydroxyl groups is 1. The molecule has 0 saturated carbocycles. The first kappa shape index (κ1) is 9.40. The maximum absolute atomic E-state index is 12.6. The van der Waals surface area contributed by atoms with Gasteiger partial charge in [-0.3, -0.25) is 0 Å². The SMILES string of the molecule is O[C@@H]1CCCN(c2ccc(F)cn2)C1. The minimum absolute atomic E-state index is 0.282. The maximum atomic E-state index is 12.6. The molecule has 4 heteroatoms. The van der Waals surface area contributed by atoms with Gasteiger partial charge >= 0.3 is 0 Å². The summed E-state index contributed by atoms with van der Waals surface area (Å²) in [5.41, 5.74) is 0. The van der Waals surface area contributed by atoms with E-state index in [1.54, 1.807) is 6.07 Å². The number of hydrogen-bond acceptors (Lipinski definition) is 3. The van der Waals surface area contributed by atoms with E-state index in [2.05, 4.69) is 4.98 Å². The number of halogens is 1. The molecule has 0 bridgehead atoms. The smallest absolute Gasteiger partial charge is 0.141 e. The van der Waals surface area contributed by atoms with Crippen LogP contribution < -0.4 is 4.90 Å². The number of aromatic nitrogens is 1. The van der Waals surface area contributed by atoms with Gasteiger partial charge in [0.15, 0.2) is 0 Å². The molecule has 2 heterocycles. The predicted molar refractivity (Wildman–Crippen MR) is 51.6 cm³/mol. The highest BCUT2D eigenvalue weighted by atomic mass is 19.1. The van der Waals surface area contributed by atoms with Crippen molar-refractivity contribution in [1.82, 2.24) is 4.98 Å². The van der Waals surface area contributed by atoms with Gasteiger partial charge in [0.05, 0.1) is 12.3 Å². The van der Waals surface area contributed by atoms with Crippen molar-refractivity contribution in [2.24, 2.45) is 0 Å². The van der Waals surface area contributed by atoms with Gasteiger partial charge in [0, 0.05) is 13.1 Å². The van der Waals surface area contributed by atoms with E-state index in [0.29, 0.717) is 6.54 Å². The van der Waals surface area contributed by atoms with Crippen molar-refractivity contribution in [1.29, 1.82) is 0 Å². The molecule has 0 spiro atoms. The molecule has 0 aromatic carbocycles. The standard InChI is InChI=1S/C10H13FN2O/c11-8-3-4-10(12-6-8)13-5-1-2-9(14)7-13/h3-4,6,9,14H,1-2,5,7H2/t9-/m1/s1. The Kier molecular flexibility index (Phi) is 2.63. The molecule has 2 rings (SSSR count). The minimum atomic E-state index is -0.327. The Bertz CT molecular complexity index is 301. The zero-order valence-electron chi connectivity index (χ0n) is 7.86. The van der Waals surface area contributed by atoms with Crippen molar-refractivity contribution < 1.29 is 9.50 Å². The van der Waals surface area contributed by atoms with Crippen LogP contribution in [0.25, 0.3) is 0 Å². The monoisotopic (exact) mass is 196 g/mol. The first-order valence-electron chi connectivity index (χ1n) is 4.80. The van der Waals surface area contributed by atoms with E-state index >= 15 is 0 Å². The first-order chi connectivity index (χ1) is 6.75. The van der Waals surface area contributed by atoms with E-state index in [9.17, 15) is 9.50 Å². The lowest BCUT2D eigenvalue weighted by Gasteiger charge is -2.30. The topological polar surface area (TPSA) is 36.4 Å². The molecule has 1 aromatic heterocycles. The molecule has 1 atom stereocenters. The van der Waals surface area contributed by atoms with Crippen molar-refractivity contribution in [3.8, 4) is 0 Å². The van der Waals surface area contributed by atoms with Gasteiger partial charge in [0.2, 0.25) is 0 Å². The molecule has 14 heavy (non-hydrogen) atoms. The quantitative estimate of drug-likeness (QED) is 0.732. The molecule has 0 radical (unpaired) electrons. The minimum Gasteiger partial charge on any atom is -0.391 e. The summed E-state index contributed by atoms with van der Waals surface area (Å²) < 4.78 is 12.6. The number of nitrogens with zero attached hydrogens (tertiary/aromatic N) is 2. The van der Waals surface area contributed by atoms with Crippen molar-refractivity contribution in [2.75, 3.05) is 18.0 Å². The molecule has 1 N–H and O–H groups in total. The second-order valence-corrected chi connectivity index (χ2v) is 3.58. The van der Waals surface area contributed by atoms with Crippen molar-refractivity contribution in [2.45, 2.75) is 18.9 Å². The Morgan fingerprint density at radius 3 is 3.00 bits per heavy atom. The van der Waals surface area contributed by atoms with Gasteiger partial charge < -0.3 is 10.0 Å². The number of piperidine rings is 1. The molecule has 1 aromatic rings. The summed E-state index contributed by atoms with van der Waals surface area (Å²) in [7, 11) is 0. The fraction of sp³-hybridized carbons (Fsp3) is 0.500. The number of hydrogen-bond donors (Lipinski definition) is 1. The molecular weight excluding hydrogens is 183 g/mol. The van der Waals surface area contributed by atoms with Crippen LogP contribution in [0.15, 0.2) is 18.3 Å². The first-order valence-corrected chi connectivity index (χ1v) is 4.80. The molecule has 0 amide bonds. The molecule has 1 fully saturated rings. The average Bonchev–Trinajstić information content (AvgIpc) is 2.19. The van der Waals surface area contributed by atoms with Crippen LogP contribution in [-0.4, -0.2) is 29.3 Å². The second kappa shape index (κ2) is 3.92. The van der Waals surface area contributed by atoms with E-state index in [0.717, 1.165) is 25.2 Å². The Balaban J connectivity index is 2.10.